The van der Waals surface area contributed by atoms with Crippen molar-refractivity contribution in [1.29, 1.82) is 0 Å². The van der Waals surface area contributed by atoms with Gasteiger partial charge in [0.1, 0.15) is 0 Å². The minimum atomic E-state index is -0.509. The quantitative estimate of drug-likeness (QED) is 0.175. The van der Waals surface area contributed by atoms with Crippen molar-refractivity contribution in [1.82, 2.24) is 9.47 Å². The molecule has 4 aromatic rings. The fourth-order valence-electron chi connectivity index (χ4n) is 4.12. The maximum Gasteiger partial charge on any atom is 0.293 e. The molecule has 3 aromatic carbocycles. The van der Waals surface area contributed by atoms with Crippen molar-refractivity contribution < 1.29 is 19.4 Å². The molecular weight excluding hydrogens is 496 g/mol. The molecule has 0 bridgehead atoms. The Morgan fingerprint density at radius 3 is 1.95 bits per heavy atom. The summed E-state index contributed by atoms with van der Waals surface area (Å²) in [5, 5.41) is 22.3. The van der Waals surface area contributed by atoms with Crippen LogP contribution in [0.5, 0.6) is 0 Å². The molecule has 0 radical (unpaired) electrons. The zero-order valence-corrected chi connectivity index (χ0v) is 20.0. The molecule has 11 heteroatoms. The minimum absolute atomic E-state index is 0.0158. The van der Waals surface area contributed by atoms with Crippen molar-refractivity contribution in [3.8, 4) is 0 Å². The van der Waals surface area contributed by atoms with Gasteiger partial charge in [-0.15, -0.1) is 0 Å². The summed E-state index contributed by atoms with van der Waals surface area (Å²) in [6, 6.07) is 19.7. The third-order valence-corrected chi connectivity index (χ3v) is 6.87. The average molecular weight is 515 g/mol. The minimum Gasteiger partial charge on any atom is -0.342 e. The summed E-state index contributed by atoms with van der Waals surface area (Å²) in [5.41, 5.74) is 3.11. The predicted molar refractivity (Wildman–Crippen MR) is 139 cm³/mol. The summed E-state index contributed by atoms with van der Waals surface area (Å²) in [5.74, 6) is -0.430. The van der Waals surface area contributed by atoms with Crippen molar-refractivity contribution in [2.24, 2.45) is 0 Å². The molecule has 1 aliphatic heterocycles. The van der Waals surface area contributed by atoms with Crippen molar-refractivity contribution >= 4 is 51.3 Å². The Balaban J connectivity index is 1.41. The van der Waals surface area contributed by atoms with Gasteiger partial charge in [-0.3, -0.25) is 34.7 Å². The number of nitro groups is 2. The lowest BCUT2D eigenvalue weighted by molar-refractivity contribution is -0.385. The number of carbonyl (C=O) groups excluding carboxylic acids is 2. The number of thioether (sulfide) groups is 1. The third kappa shape index (κ3) is 4.84. The maximum absolute atomic E-state index is 13.1. The van der Waals surface area contributed by atoms with E-state index in [1.54, 1.807) is 18.2 Å². The molecular formula is C26H18N4O6S. The van der Waals surface area contributed by atoms with Gasteiger partial charge in [0.05, 0.1) is 21.3 Å². The van der Waals surface area contributed by atoms with E-state index in [0.717, 1.165) is 38.7 Å². The Labute approximate surface area is 214 Å². The van der Waals surface area contributed by atoms with E-state index in [-0.39, 0.29) is 22.8 Å². The second-order valence-corrected chi connectivity index (χ2v) is 9.34. The van der Waals surface area contributed by atoms with Crippen molar-refractivity contribution in [2.45, 2.75) is 13.1 Å². The highest BCUT2D eigenvalue weighted by Gasteiger charge is 2.35. The van der Waals surface area contributed by atoms with Gasteiger partial charge in [-0.1, -0.05) is 42.5 Å². The fourth-order valence-corrected chi connectivity index (χ4v) is 4.95. The maximum atomic E-state index is 13.1. The fraction of sp³-hybridized carbons (Fsp3) is 0.0769. The number of non-ortho nitro benzene ring substituents is 2. The van der Waals surface area contributed by atoms with Gasteiger partial charge < -0.3 is 4.57 Å². The number of aromatic nitrogens is 1. The number of amides is 2. The van der Waals surface area contributed by atoms with Crippen LogP contribution in [0.1, 0.15) is 16.7 Å². The molecule has 37 heavy (non-hydrogen) atoms. The molecule has 5 rings (SSSR count). The Kier molecular flexibility index (Phi) is 6.28. The van der Waals surface area contributed by atoms with Crippen LogP contribution in [0.3, 0.4) is 0 Å². The molecule has 0 aliphatic carbocycles. The summed E-state index contributed by atoms with van der Waals surface area (Å²) in [7, 11) is 0. The smallest absolute Gasteiger partial charge is 0.293 e. The number of nitrogens with zero attached hydrogens (tertiary/aromatic N) is 4. The van der Waals surface area contributed by atoms with Gasteiger partial charge in [-0.2, -0.15) is 0 Å². The second-order valence-electron chi connectivity index (χ2n) is 8.34. The molecule has 2 heterocycles. The Morgan fingerprint density at radius 1 is 0.784 bits per heavy atom. The predicted octanol–water partition coefficient (Wildman–Crippen LogP) is 5.74. The summed E-state index contributed by atoms with van der Waals surface area (Å²) >= 11 is 0.847. The van der Waals surface area contributed by atoms with Gasteiger partial charge in [-0.05, 0) is 35.0 Å². The van der Waals surface area contributed by atoms with Crippen molar-refractivity contribution in [3.05, 3.63) is 121 Å². The standard InChI is InChI=1S/C26H18N4O6S/c31-25-24(37-26(32)28(25)15-18-7-11-21(12-8-18)30(35)36)13-19-16-27(23-4-2-1-3-22(19)23)14-17-5-9-20(10-6-17)29(33)34/h1-13,16H,14-15H2/b24-13+. The van der Waals surface area contributed by atoms with Crippen LogP contribution in [0.15, 0.2) is 83.9 Å². The van der Waals surface area contributed by atoms with E-state index in [2.05, 4.69) is 0 Å². The number of rotatable bonds is 7. The lowest BCUT2D eigenvalue weighted by Gasteiger charge is -2.12. The highest BCUT2D eigenvalue weighted by atomic mass is 32.2. The zero-order valence-electron chi connectivity index (χ0n) is 19.1. The Hall–Kier alpha value is -4.77. The topological polar surface area (TPSA) is 129 Å². The zero-order chi connectivity index (χ0) is 26.1. The van der Waals surface area contributed by atoms with Gasteiger partial charge in [0.15, 0.2) is 0 Å². The van der Waals surface area contributed by atoms with Gasteiger partial charge in [0.2, 0.25) is 0 Å². The highest BCUT2D eigenvalue weighted by Crippen LogP contribution is 2.35. The van der Waals surface area contributed by atoms with E-state index in [1.165, 1.54) is 36.4 Å². The molecule has 0 spiro atoms. The largest absolute Gasteiger partial charge is 0.342 e. The third-order valence-electron chi connectivity index (χ3n) is 5.97. The lowest BCUT2D eigenvalue weighted by atomic mass is 10.1. The van der Waals surface area contributed by atoms with Crippen LogP contribution in [-0.4, -0.2) is 30.5 Å². The van der Waals surface area contributed by atoms with Crippen LogP contribution in [-0.2, 0) is 17.9 Å². The summed E-state index contributed by atoms with van der Waals surface area (Å²) in [6.45, 7) is 0.482. The molecule has 1 fully saturated rings. The number of para-hydroxylation sites is 1. The van der Waals surface area contributed by atoms with E-state index in [4.69, 9.17) is 0 Å². The lowest BCUT2D eigenvalue weighted by Crippen LogP contribution is -2.27. The van der Waals surface area contributed by atoms with E-state index in [1.807, 2.05) is 35.0 Å². The summed E-state index contributed by atoms with van der Waals surface area (Å²) in [6.07, 6.45) is 3.58. The van der Waals surface area contributed by atoms with Crippen LogP contribution in [0.2, 0.25) is 0 Å². The first kappa shape index (κ1) is 23.9. The van der Waals surface area contributed by atoms with Gasteiger partial charge in [-0.25, -0.2) is 0 Å². The molecule has 0 saturated carbocycles. The number of fused-ring (bicyclic) bond motifs is 1. The molecule has 0 atom stereocenters. The summed E-state index contributed by atoms with van der Waals surface area (Å²) < 4.78 is 1.99. The molecule has 0 N–H and O–H groups in total. The molecule has 10 nitrogen and oxygen atoms in total. The van der Waals surface area contributed by atoms with Gasteiger partial charge in [0.25, 0.3) is 22.5 Å². The van der Waals surface area contributed by atoms with Crippen LogP contribution in [0.4, 0.5) is 16.2 Å². The van der Waals surface area contributed by atoms with E-state index >= 15 is 0 Å². The van der Waals surface area contributed by atoms with Gasteiger partial charge >= 0.3 is 0 Å². The van der Waals surface area contributed by atoms with Crippen LogP contribution >= 0.6 is 11.8 Å². The van der Waals surface area contributed by atoms with E-state index in [0.29, 0.717) is 12.1 Å². The van der Waals surface area contributed by atoms with Gasteiger partial charge in [0, 0.05) is 53.5 Å². The first-order chi connectivity index (χ1) is 17.8. The number of imide groups is 1. The SMILES string of the molecule is O=C1S/C(=C/c2cn(Cc3ccc([N+](=O)[O-])cc3)c3ccccc23)C(=O)N1Cc1ccc([N+](=O)[O-])cc1. The molecule has 2 amide bonds. The molecule has 1 aromatic heterocycles. The average Bonchev–Trinajstić information content (AvgIpc) is 3.36. The van der Waals surface area contributed by atoms with E-state index in [9.17, 15) is 29.8 Å². The molecule has 0 unspecified atom stereocenters. The van der Waals surface area contributed by atoms with Crippen molar-refractivity contribution in [3.63, 3.8) is 0 Å². The molecule has 1 saturated heterocycles. The number of carbonyl (C=O) groups is 2. The molecule has 1 aliphatic rings. The first-order valence-electron chi connectivity index (χ1n) is 11.1. The summed E-state index contributed by atoms with van der Waals surface area (Å²) in [4.78, 5) is 47.9. The normalized spacial score (nSPS) is 14.6. The number of nitro benzene ring substituents is 2. The second kappa shape index (κ2) is 9.70. The number of benzene rings is 3. The highest BCUT2D eigenvalue weighted by molar-refractivity contribution is 8.18. The Bertz CT molecular complexity index is 1590. The van der Waals surface area contributed by atoms with Crippen molar-refractivity contribution in [2.75, 3.05) is 0 Å². The monoisotopic (exact) mass is 514 g/mol. The number of hydrogen-bond acceptors (Lipinski definition) is 7. The molecule has 184 valence electrons. The number of hydrogen-bond donors (Lipinski definition) is 0. The van der Waals surface area contributed by atoms with E-state index < -0.39 is 21.0 Å². The Morgan fingerprint density at radius 2 is 1.35 bits per heavy atom. The van der Waals surface area contributed by atoms with Crippen LogP contribution in [0.25, 0.3) is 17.0 Å². The first-order valence-corrected chi connectivity index (χ1v) is 11.9. The van der Waals surface area contributed by atoms with Crippen LogP contribution in [0, 0.1) is 20.2 Å². The van der Waals surface area contributed by atoms with Crippen LogP contribution < -0.4 is 0 Å².